The van der Waals surface area contributed by atoms with Gasteiger partial charge in [-0.05, 0) is 38.1 Å². The molecule has 1 atom stereocenters. The number of hydrogen-bond donors (Lipinski definition) is 2. The molecule has 0 aliphatic carbocycles. The van der Waals surface area contributed by atoms with Crippen molar-refractivity contribution in [2.45, 2.75) is 32.4 Å². The first kappa shape index (κ1) is 21.2. The van der Waals surface area contributed by atoms with Crippen LogP contribution in [0.15, 0.2) is 24.3 Å². The van der Waals surface area contributed by atoms with Crippen LogP contribution in [0.1, 0.15) is 29.5 Å². The minimum Gasteiger partial charge on any atom is -0.481 e. The smallest absolute Gasteiger partial charge is 0.387 e. The Kier molecular flexibility index (Phi) is 6.62. The van der Waals surface area contributed by atoms with Crippen LogP contribution < -0.4 is 10.1 Å². The second-order valence-electron chi connectivity index (χ2n) is 6.33. The zero-order chi connectivity index (χ0) is 20.9. The van der Waals surface area contributed by atoms with Crippen LogP contribution in [0.4, 0.5) is 8.78 Å². The number of carboxylic acids is 1. The number of nitrogens with one attached hydrogen (secondary N) is 1. The molecule has 1 unspecified atom stereocenters. The Morgan fingerprint density at radius 1 is 1.32 bits per heavy atom. The fraction of sp³-hybridized carbons (Fsp3) is 0.412. The standard InChI is InChI=1S/C17H20F2N4O5/c1-10-14(15(26)20-17(2,9-27-3)8-13(24)25)21-22-23(10)11-4-6-12(7-5-11)28-16(18)19/h4-7,16H,8-9H2,1-3H3,(H,20,26)(H,24,25). The van der Waals surface area contributed by atoms with Gasteiger partial charge in [0.1, 0.15) is 5.75 Å². The maximum Gasteiger partial charge on any atom is 0.387 e. The van der Waals surface area contributed by atoms with Gasteiger partial charge in [0.05, 0.1) is 29.9 Å². The number of alkyl halides is 2. The van der Waals surface area contributed by atoms with E-state index >= 15 is 0 Å². The highest BCUT2D eigenvalue weighted by Crippen LogP contribution is 2.19. The van der Waals surface area contributed by atoms with Gasteiger partial charge in [0.25, 0.3) is 5.91 Å². The number of nitrogens with zero attached hydrogens (tertiary/aromatic N) is 3. The monoisotopic (exact) mass is 398 g/mol. The van der Waals surface area contributed by atoms with Gasteiger partial charge in [-0.2, -0.15) is 8.78 Å². The number of rotatable bonds is 9. The van der Waals surface area contributed by atoms with Crippen LogP contribution in [-0.2, 0) is 9.53 Å². The Labute approximate surface area is 159 Å². The zero-order valence-corrected chi connectivity index (χ0v) is 15.5. The topological polar surface area (TPSA) is 116 Å². The summed E-state index contributed by atoms with van der Waals surface area (Å²) in [6.07, 6.45) is -0.342. The second-order valence-corrected chi connectivity index (χ2v) is 6.33. The van der Waals surface area contributed by atoms with Crippen molar-refractivity contribution in [1.82, 2.24) is 20.3 Å². The zero-order valence-electron chi connectivity index (χ0n) is 15.5. The van der Waals surface area contributed by atoms with E-state index in [1.54, 1.807) is 13.8 Å². The van der Waals surface area contributed by atoms with Gasteiger partial charge >= 0.3 is 12.6 Å². The van der Waals surface area contributed by atoms with Crippen LogP contribution in [0, 0.1) is 6.92 Å². The van der Waals surface area contributed by atoms with Crippen molar-refractivity contribution in [2.24, 2.45) is 0 Å². The molecule has 11 heteroatoms. The molecule has 0 fully saturated rings. The van der Waals surface area contributed by atoms with Crippen LogP contribution in [0.2, 0.25) is 0 Å². The molecule has 0 bridgehead atoms. The molecule has 0 aliphatic heterocycles. The first-order valence-electron chi connectivity index (χ1n) is 8.16. The number of aromatic nitrogens is 3. The lowest BCUT2D eigenvalue weighted by Gasteiger charge is -2.28. The lowest BCUT2D eigenvalue weighted by Crippen LogP contribution is -2.51. The van der Waals surface area contributed by atoms with Crippen molar-refractivity contribution >= 4 is 11.9 Å². The lowest BCUT2D eigenvalue weighted by atomic mass is 9.98. The van der Waals surface area contributed by atoms with E-state index in [1.165, 1.54) is 36.1 Å². The van der Waals surface area contributed by atoms with Gasteiger partial charge in [-0.25, -0.2) is 4.68 Å². The van der Waals surface area contributed by atoms with Crippen molar-refractivity contribution in [1.29, 1.82) is 0 Å². The molecule has 2 aromatic rings. The molecule has 2 N–H and O–H groups in total. The normalized spacial score (nSPS) is 13.2. The Morgan fingerprint density at radius 2 is 1.96 bits per heavy atom. The van der Waals surface area contributed by atoms with E-state index in [9.17, 15) is 18.4 Å². The van der Waals surface area contributed by atoms with Crippen molar-refractivity contribution < 1.29 is 33.0 Å². The second kappa shape index (κ2) is 8.74. The number of carbonyl (C=O) groups is 2. The van der Waals surface area contributed by atoms with E-state index in [0.29, 0.717) is 11.4 Å². The Morgan fingerprint density at radius 3 is 2.50 bits per heavy atom. The van der Waals surface area contributed by atoms with Gasteiger partial charge in [-0.3, -0.25) is 9.59 Å². The average molecular weight is 398 g/mol. The predicted molar refractivity (Wildman–Crippen MR) is 92.7 cm³/mol. The van der Waals surface area contributed by atoms with Gasteiger partial charge < -0.3 is 19.9 Å². The van der Waals surface area contributed by atoms with E-state index in [4.69, 9.17) is 9.84 Å². The summed E-state index contributed by atoms with van der Waals surface area (Å²) in [5, 5.41) is 19.4. The summed E-state index contributed by atoms with van der Waals surface area (Å²) in [5.41, 5.74) is -0.270. The van der Waals surface area contributed by atoms with Gasteiger partial charge in [-0.1, -0.05) is 5.21 Å². The third-order valence-corrected chi connectivity index (χ3v) is 3.84. The van der Waals surface area contributed by atoms with E-state index < -0.39 is 24.0 Å². The molecule has 9 nitrogen and oxygen atoms in total. The maximum absolute atomic E-state index is 12.6. The summed E-state index contributed by atoms with van der Waals surface area (Å²) in [6, 6.07) is 5.65. The first-order chi connectivity index (χ1) is 13.1. The number of carboxylic acid groups (broad SMARTS) is 1. The number of halogens is 2. The third-order valence-electron chi connectivity index (χ3n) is 3.84. The lowest BCUT2D eigenvalue weighted by molar-refractivity contribution is -0.139. The minimum atomic E-state index is -2.93. The van der Waals surface area contributed by atoms with Gasteiger partial charge in [0.15, 0.2) is 5.69 Å². The molecule has 2 rings (SSSR count). The molecule has 152 valence electrons. The first-order valence-corrected chi connectivity index (χ1v) is 8.16. The highest BCUT2D eigenvalue weighted by atomic mass is 19.3. The average Bonchev–Trinajstić information content (AvgIpc) is 2.96. The molecule has 0 saturated heterocycles. The molecule has 28 heavy (non-hydrogen) atoms. The molecule has 1 aromatic carbocycles. The van der Waals surface area contributed by atoms with E-state index in [-0.39, 0.29) is 24.5 Å². The van der Waals surface area contributed by atoms with Crippen LogP contribution in [0.3, 0.4) is 0 Å². The Hall–Kier alpha value is -3.08. The third kappa shape index (κ3) is 5.22. The fourth-order valence-electron chi connectivity index (χ4n) is 2.67. The highest BCUT2D eigenvalue weighted by molar-refractivity contribution is 5.94. The number of carbonyl (C=O) groups excluding carboxylic acids is 1. The van der Waals surface area contributed by atoms with Crippen molar-refractivity contribution in [2.75, 3.05) is 13.7 Å². The molecule has 0 aliphatic rings. The molecule has 0 radical (unpaired) electrons. The maximum atomic E-state index is 12.6. The SMILES string of the molecule is COCC(C)(CC(=O)O)NC(=O)c1nnn(-c2ccc(OC(F)F)cc2)c1C. The molecule has 1 amide bonds. The minimum absolute atomic E-state index is 0.000578. The Balaban J connectivity index is 2.21. The summed E-state index contributed by atoms with van der Waals surface area (Å²) in [5.74, 6) is -1.72. The molecular formula is C17H20F2N4O5. The molecule has 0 saturated carbocycles. The summed E-state index contributed by atoms with van der Waals surface area (Å²) < 4.78 is 35.1. The summed E-state index contributed by atoms with van der Waals surface area (Å²) in [6.45, 7) is 0.207. The van der Waals surface area contributed by atoms with E-state index in [2.05, 4.69) is 20.4 Å². The fourth-order valence-corrected chi connectivity index (χ4v) is 2.67. The highest BCUT2D eigenvalue weighted by Gasteiger charge is 2.31. The van der Waals surface area contributed by atoms with Gasteiger partial charge in [0.2, 0.25) is 0 Å². The molecular weight excluding hydrogens is 378 g/mol. The van der Waals surface area contributed by atoms with Gasteiger partial charge in [0, 0.05) is 7.11 Å². The number of ether oxygens (including phenoxy) is 2. The van der Waals surface area contributed by atoms with Crippen molar-refractivity contribution in [3.8, 4) is 11.4 Å². The van der Waals surface area contributed by atoms with Crippen LogP contribution in [0.25, 0.3) is 5.69 Å². The van der Waals surface area contributed by atoms with Crippen LogP contribution >= 0.6 is 0 Å². The number of hydrogen-bond acceptors (Lipinski definition) is 6. The number of benzene rings is 1. The number of aliphatic carboxylic acids is 1. The quantitative estimate of drug-likeness (QED) is 0.662. The molecule has 1 aromatic heterocycles. The van der Waals surface area contributed by atoms with Crippen molar-refractivity contribution in [3.63, 3.8) is 0 Å². The molecule has 1 heterocycles. The van der Waals surface area contributed by atoms with Gasteiger partial charge in [-0.15, -0.1) is 5.10 Å². The van der Waals surface area contributed by atoms with E-state index in [1.807, 2.05) is 0 Å². The molecule has 0 spiro atoms. The van der Waals surface area contributed by atoms with E-state index in [0.717, 1.165) is 0 Å². The summed E-state index contributed by atoms with van der Waals surface area (Å²) in [7, 11) is 1.40. The van der Waals surface area contributed by atoms with Crippen LogP contribution in [-0.4, -0.2) is 57.8 Å². The number of amides is 1. The number of methoxy groups -OCH3 is 1. The Bertz CT molecular complexity index is 841. The summed E-state index contributed by atoms with van der Waals surface area (Å²) in [4.78, 5) is 23.6. The largest absolute Gasteiger partial charge is 0.481 e. The van der Waals surface area contributed by atoms with Crippen LogP contribution in [0.5, 0.6) is 5.75 Å². The summed E-state index contributed by atoms with van der Waals surface area (Å²) >= 11 is 0. The predicted octanol–water partition coefficient (Wildman–Crippen LogP) is 1.79. The van der Waals surface area contributed by atoms with Crippen molar-refractivity contribution in [3.05, 3.63) is 35.7 Å².